The number of carbonyl (C=O) groups is 1. The number of halogens is 1. The van der Waals surface area contributed by atoms with Crippen molar-refractivity contribution in [2.24, 2.45) is 0 Å². The third-order valence-electron chi connectivity index (χ3n) is 7.00. The summed E-state index contributed by atoms with van der Waals surface area (Å²) in [7, 11) is -2.16. The van der Waals surface area contributed by atoms with Crippen LogP contribution in [0.1, 0.15) is 22.2 Å². The second-order valence-corrected chi connectivity index (χ2v) is 14.2. The van der Waals surface area contributed by atoms with E-state index in [-0.39, 0.29) is 5.97 Å². The van der Waals surface area contributed by atoms with E-state index >= 15 is 0 Å². The second-order valence-electron chi connectivity index (χ2n) is 9.29. The summed E-state index contributed by atoms with van der Waals surface area (Å²) in [6.45, 7) is 2.17. The smallest absolute Gasteiger partial charge is 0.348 e. The largest absolute Gasteiger partial charge is 0.462 e. The van der Waals surface area contributed by atoms with E-state index in [0.29, 0.717) is 16.6 Å². The number of ether oxygens (including phenoxy) is 1. The lowest BCUT2D eigenvalue weighted by Gasteiger charge is -2.28. The van der Waals surface area contributed by atoms with Gasteiger partial charge < -0.3 is 4.74 Å². The maximum Gasteiger partial charge on any atom is 0.348 e. The SMILES string of the molecule is CCOC(=O)c1cc2c(ccc3nc(Cl)c(C[P+](c4ccccc4)(c4ccccc4)c4ccccc4)cc32)s1. The molecule has 0 aliphatic heterocycles. The monoisotopic (exact) mass is 566 g/mol. The number of esters is 1. The molecule has 0 saturated carbocycles. The Bertz CT molecular complexity index is 1680. The number of hydrogen-bond acceptors (Lipinski definition) is 4. The molecule has 4 aromatic carbocycles. The number of hydrogen-bond donors (Lipinski definition) is 0. The third kappa shape index (κ3) is 4.74. The zero-order chi connectivity index (χ0) is 26.8. The molecule has 0 spiro atoms. The number of benzene rings is 4. The molecule has 6 rings (SSSR count). The molecule has 192 valence electrons. The van der Waals surface area contributed by atoms with E-state index < -0.39 is 7.26 Å². The zero-order valence-corrected chi connectivity index (χ0v) is 23.8. The summed E-state index contributed by atoms with van der Waals surface area (Å²) in [5, 5.41) is 6.36. The lowest BCUT2D eigenvalue weighted by Crippen LogP contribution is -2.32. The molecule has 0 N–H and O–H groups in total. The molecule has 0 amide bonds. The van der Waals surface area contributed by atoms with Gasteiger partial charge in [-0.15, -0.1) is 11.3 Å². The van der Waals surface area contributed by atoms with Crippen LogP contribution in [0.5, 0.6) is 0 Å². The highest BCUT2D eigenvalue weighted by molar-refractivity contribution is 7.95. The van der Waals surface area contributed by atoms with Crippen LogP contribution < -0.4 is 15.9 Å². The van der Waals surface area contributed by atoms with Gasteiger partial charge in [0.2, 0.25) is 0 Å². The molecular weight excluding hydrogens is 541 g/mol. The van der Waals surface area contributed by atoms with Gasteiger partial charge in [0.1, 0.15) is 39.4 Å². The van der Waals surface area contributed by atoms with Crippen molar-refractivity contribution >= 4 is 73.1 Å². The molecule has 0 radical (unpaired) electrons. The molecule has 0 fully saturated rings. The van der Waals surface area contributed by atoms with Crippen LogP contribution in [0.4, 0.5) is 0 Å². The number of thiophene rings is 1. The number of aromatic nitrogens is 1. The first kappa shape index (κ1) is 25.7. The van der Waals surface area contributed by atoms with E-state index in [0.717, 1.165) is 32.7 Å². The first-order valence-electron chi connectivity index (χ1n) is 12.8. The molecule has 0 atom stereocenters. The Hall–Kier alpha value is -3.56. The summed E-state index contributed by atoms with van der Waals surface area (Å²) >= 11 is 8.40. The number of pyridine rings is 1. The topological polar surface area (TPSA) is 39.2 Å². The summed E-state index contributed by atoms with van der Waals surface area (Å²) in [6, 6.07) is 40.4. The van der Waals surface area contributed by atoms with Crippen molar-refractivity contribution < 1.29 is 9.53 Å². The molecule has 0 aliphatic rings. The predicted molar refractivity (Wildman–Crippen MR) is 167 cm³/mol. The summed E-state index contributed by atoms with van der Waals surface area (Å²) in [4.78, 5) is 17.9. The van der Waals surface area contributed by atoms with Crippen LogP contribution in [0, 0.1) is 0 Å². The fourth-order valence-electron chi connectivity index (χ4n) is 5.22. The van der Waals surface area contributed by atoms with Gasteiger partial charge in [0.15, 0.2) is 0 Å². The van der Waals surface area contributed by atoms with Crippen molar-refractivity contribution in [2.45, 2.75) is 13.1 Å². The average Bonchev–Trinajstić information content (AvgIpc) is 3.43. The van der Waals surface area contributed by atoms with Crippen LogP contribution in [-0.4, -0.2) is 17.6 Å². The molecule has 6 heteroatoms. The lowest BCUT2D eigenvalue weighted by atomic mass is 10.1. The van der Waals surface area contributed by atoms with E-state index in [1.165, 1.54) is 27.3 Å². The van der Waals surface area contributed by atoms with Crippen LogP contribution in [0.25, 0.3) is 21.0 Å². The van der Waals surface area contributed by atoms with Gasteiger partial charge in [0.25, 0.3) is 0 Å². The minimum Gasteiger partial charge on any atom is -0.462 e. The summed E-state index contributed by atoms with van der Waals surface area (Å²) < 4.78 is 6.29. The Morgan fingerprint density at radius 2 is 1.36 bits per heavy atom. The van der Waals surface area contributed by atoms with Crippen molar-refractivity contribution in [3.05, 3.63) is 131 Å². The Morgan fingerprint density at radius 3 is 1.90 bits per heavy atom. The Labute approximate surface area is 237 Å². The quantitative estimate of drug-likeness (QED) is 0.113. The van der Waals surface area contributed by atoms with Crippen molar-refractivity contribution in [1.82, 2.24) is 4.98 Å². The van der Waals surface area contributed by atoms with Gasteiger partial charge in [-0.25, -0.2) is 9.78 Å². The fraction of sp³-hybridized carbons (Fsp3) is 0.0909. The standard InChI is InChI=1S/C33H26ClNO2PS/c1-2-37-33(36)31-21-28-27-20-23(32(34)35-29(27)18-19-30(28)39-31)22-38(24-12-6-3-7-13-24,25-14-8-4-9-15-25)26-16-10-5-11-17-26/h3-21H,2,22H2,1H3/q+1. The molecule has 0 bridgehead atoms. The molecule has 3 nitrogen and oxygen atoms in total. The van der Waals surface area contributed by atoms with E-state index in [9.17, 15) is 4.79 Å². The van der Waals surface area contributed by atoms with Crippen molar-refractivity contribution in [2.75, 3.05) is 6.61 Å². The molecule has 0 aliphatic carbocycles. The van der Waals surface area contributed by atoms with Gasteiger partial charge in [-0.3, -0.25) is 0 Å². The van der Waals surface area contributed by atoms with E-state index in [1.807, 2.05) is 25.1 Å². The molecule has 2 heterocycles. The number of rotatable bonds is 7. The summed E-state index contributed by atoms with van der Waals surface area (Å²) in [6.07, 6.45) is 0.720. The highest BCUT2D eigenvalue weighted by Gasteiger charge is 2.46. The van der Waals surface area contributed by atoms with Crippen molar-refractivity contribution in [3.8, 4) is 0 Å². The van der Waals surface area contributed by atoms with Gasteiger partial charge >= 0.3 is 5.97 Å². The van der Waals surface area contributed by atoms with Crippen LogP contribution >= 0.6 is 30.2 Å². The second kappa shape index (κ2) is 10.9. The summed E-state index contributed by atoms with van der Waals surface area (Å²) in [5.41, 5.74) is 1.80. The number of fused-ring (bicyclic) bond motifs is 3. The zero-order valence-electron chi connectivity index (χ0n) is 21.4. The van der Waals surface area contributed by atoms with Gasteiger partial charge in [0, 0.05) is 21.0 Å². The molecule has 0 saturated heterocycles. The Balaban J connectivity index is 1.59. The van der Waals surface area contributed by atoms with E-state index in [1.54, 1.807) is 0 Å². The molecular formula is C33H26ClNO2PS+. The highest BCUT2D eigenvalue weighted by atomic mass is 35.5. The van der Waals surface area contributed by atoms with Crippen LogP contribution in [0.3, 0.4) is 0 Å². The van der Waals surface area contributed by atoms with Gasteiger partial charge in [0.05, 0.1) is 12.1 Å². The minimum atomic E-state index is -2.16. The number of carbonyl (C=O) groups excluding carboxylic acids is 1. The predicted octanol–water partition coefficient (Wildman–Crippen LogP) is 7.77. The first-order chi connectivity index (χ1) is 19.1. The normalized spacial score (nSPS) is 11.6. The Kier molecular flexibility index (Phi) is 7.18. The van der Waals surface area contributed by atoms with Gasteiger partial charge in [-0.2, -0.15) is 0 Å². The maximum atomic E-state index is 12.5. The third-order valence-corrected chi connectivity index (χ3v) is 12.8. The van der Waals surface area contributed by atoms with Gasteiger partial charge in [-0.05, 0) is 67.6 Å². The van der Waals surface area contributed by atoms with Crippen LogP contribution in [-0.2, 0) is 10.9 Å². The first-order valence-corrected chi connectivity index (χ1v) is 16.0. The van der Waals surface area contributed by atoms with Gasteiger partial charge in [-0.1, -0.05) is 66.2 Å². The summed E-state index contributed by atoms with van der Waals surface area (Å²) in [5.74, 6) is -0.295. The minimum absolute atomic E-state index is 0.295. The highest BCUT2D eigenvalue weighted by Crippen LogP contribution is 2.58. The van der Waals surface area contributed by atoms with E-state index in [2.05, 4.69) is 97.1 Å². The molecule has 6 aromatic rings. The van der Waals surface area contributed by atoms with E-state index in [4.69, 9.17) is 21.3 Å². The maximum absolute atomic E-state index is 12.5. The lowest BCUT2D eigenvalue weighted by molar-refractivity contribution is 0.0532. The molecule has 2 aromatic heterocycles. The van der Waals surface area contributed by atoms with Crippen molar-refractivity contribution in [1.29, 1.82) is 0 Å². The molecule has 39 heavy (non-hydrogen) atoms. The average molecular weight is 567 g/mol. The Morgan fingerprint density at radius 1 is 0.795 bits per heavy atom. The molecule has 0 unspecified atom stereocenters. The fourth-order valence-corrected chi connectivity index (χ4v) is 10.7. The van der Waals surface area contributed by atoms with Crippen LogP contribution in [0.15, 0.2) is 115 Å². The number of nitrogens with zero attached hydrogens (tertiary/aromatic N) is 1. The van der Waals surface area contributed by atoms with Crippen molar-refractivity contribution in [3.63, 3.8) is 0 Å². The van der Waals surface area contributed by atoms with Crippen LogP contribution in [0.2, 0.25) is 5.15 Å².